The molecule has 1 heterocycles. The molecule has 0 bridgehead atoms. The van der Waals surface area contributed by atoms with Gasteiger partial charge in [-0.15, -0.1) is 0 Å². The van der Waals surface area contributed by atoms with Gasteiger partial charge in [-0.25, -0.2) is 9.97 Å². The average Bonchev–Trinajstić information content (AvgIpc) is 2.26. The average molecular weight is 211 g/mol. The van der Waals surface area contributed by atoms with Crippen molar-refractivity contribution in [3.8, 4) is 5.75 Å². The SMILES string of the molecule is COc1cnc(CC[C@@H](N)C(=O)O)nc1. The summed E-state index contributed by atoms with van der Waals surface area (Å²) in [4.78, 5) is 18.4. The number of carboxylic acids is 1. The van der Waals surface area contributed by atoms with Crippen LogP contribution in [-0.2, 0) is 11.2 Å². The van der Waals surface area contributed by atoms with Crippen LogP contribution in [0.5, 0.6) is 5.75 Å². The Morgan fingerprint density at radius 2 is 2.20 bits per heavy atom. The molecule has 1 atom stereocenters. The molecule has 0 unspecified atom stereocenters. The van der Waals surface area contributed by atoms with Gasteiger partial charge in [0.15, 0.2) is 5.75 Å². The summed E-state index contributed by atoms with van der Waals surface area (Å²) in [6.45, 7) is 0. The topological polar surface area (TPSA) is 98.3 Å². The molecule has 0 fully saturated rings. The van der Waals surface area contributed by atoms with Crippen LogP contribution in [0.15, 0.2) is 12.4 Å². The number of nitrogens with two attached hydrogens (primary N) is 1. The summed E-state index contributed by atoms with van der Waals surface area (Å²) >= 11 is 0. The van der Waals surface area contributed by atoms with Gasteiger partial charge in [-0.2, -0.15) is 0 Å². The third-order valence-electron chi connectivity index (χ3n) is 1.91. The Hall–Kier alpha value is -1.69. The van der Waals surface area contributed by atoms with Crippen LogP contribution in [0.1, 0.15) is 12.2 Å². The molecule has 0 radical (unpaired) electrons. The van der Waals surface area contributed by atoms with E-state index in [1.165, 1.54) is 19.5 Å². The third-order valence-corrected chi connectivity index (χ3v) is 1.91. The van der Waals surface area contributed by atoms with Crippen molar-refractivity contribution in [3.05, 3.63) is 18.2 Å². The first-order valence-corrected chi connectivity index (χ1v) is 4.46. The molecule has 0 aliphatic rings. The number of hydrogen-bond acceptors (Lipinski definition) is 5. The van der Waals surface area contributed by atoms with E-state index in [1.807, 2.05) is 0 Å². The molecule has 1 rings (SSSR count). The van der Waals surface area contributed by atoms with E-state index in [9.17, 15) is 4.79 Å². The molecule has 1 aromatic heterocycles. The summed E-state index contributed by atoms with van der Waals surface area (Å²) in [5, 5.41) is 8.56. The van der Waals surface area contributed by atoms with Crippen molar-refractivity contribution in [2.24, 2.45) is 5.73 Å². The molecule has 0 aliphatic heterocycles. The lowest BCUT2D eigenvalue weighted by molar-refractivity contribution is -0.138. The molecular formula is C9H13N3O3. The van der Waals surface area contributed by atoms with Gasteiger partial charge < -0.3 is 15.6 Å². The van der Waals surface area contributed by atoms with Gasteiger partial charge in [0.1, 0.15) is 11.9 Å². The van der Waals surface area contributed by atoms with Crippen LogP contribution in [0.2, 0.25) is 0 Å². The summed E-state index contributed by atoms with van der Waals surface area (Å²) in [6, 6.07) is -0.865. The van der Waals surface area contributed by atoms with Crippen LogP contribution < -0.4 is 10.5 Å². The van der Waals surface area contributed by atoms with E-state index in [2.05, 4.69) is 9.97 Å². The molecule has 0 saturated heterocycles. The van der Waals surface area contributed by atoms with Crippen LogP contribution in [0, 0.1) is 0 Å². The Morgan fingerprint density at radius 3 is 2.67 bits per heavy atom. The first kappa shape index (κ1) is 11.4. The highest BCUT2D eigenvalue weighted by molar-refractivity contribution is 5.72. The number of methoxy groups -OCH3 is 1. The fourth-order valence-corrected chi connectivity index (χ4v) is 0.986. The summed E-state index contributed by atoms with van der Waals surface area (Å²) < 4.78 is 4.89. The molecule has 0 aliphatic carbocycles. The van der Waals surface area contributed by atoms with E-state index < -0.39 is 12.0 Å². The second-order valence-corrected chi connectivity index (χ2v) is 3.02. The molecule has 0 amide bonds. The van der Waals surface area contributed by atoms with Crippen LogP contribution in [0.3, 0.4) is 0 Å². The van der Waals surface area contributed by atoms with Gasteiger partial charge in [0.25, 0.3) is 0 Å². The lowest BCUT2D eigenvalue weighted by atomic mass is 10.1. The van der Waals surface area contributed by atoms with Gasteiger partial charge >= 0.3 is 5.97 Å². The molecular weight excluding hydrogens is 198 g/mol. The summed E-state index contributed by atoms with van der Waals surface area (Å²) in [7, 11) is 1.53. The summed E-state index contributed by atoms with van der Waals surface area (Å²) in [5.74, 6) is 0.122. The largest absolute Gasteiger partial charge is 0.494 e. The Labute approximate surface area is 87.1 Å². The molecule has 3 N–H and O–H groups in total. The van der Waals surface area contributed by atoms with Gasteiger partial charge in [0.2, 0.25) is 0 Å². The molecule has 1 aromatic rings. The van der Waals surface area contributed by atoms with Crippen molar-refractivity contribution < 1.29 is 14.6 Å². The molecule has 6 nitrogen and oxygen atoms in total. The maximum Gasteiger partial charge on any atom is 0.320 e. The molecule has 82 valence electrons. The van der Waals surface area contributed by atoms with Crippen molar-refractivity contribution in [3.63, 3.8) is 0 Å². The second kappa shape index (κ2) is 5.26. The van der Waals surface area contributed by atoms with Crippen LogP contribution in [0.25, 0.3) is 0 Å². The van der Waals surface area contributed by atoms with Gasteiger partial charge in [-0.1, -0.05) is 0 Å². The Morgan fingerprint density at radius 1 is 1.60 bits per heavy atom. The maximum atomic E-state index is 10.4. The monoisotopic (exact) mass is 211 g/mol. The van der Waals surface area contributed by atoms with Gasteiger partial charge in [-0.3, -0.25) is 4.79 Å². The number of nitrogens with zero attached hydrogens (tertiary/aromatic N) is 2. The predicted octanol–water partition coefficient (Wildman–Crippen LogP) is -0.170. The summed E-state index contributed by atoms with van der Waals surface area (Å²) in [5.41, 5.74) is 5.34. The highest BCUT2D eigenvalue weighted by atomic mass is 16.5. The quantitative estimate of drug-likeness (QED) is 0.701. The van der Waals surface area contributed by atoms with E-state index in [4.69, 9.17) is 15.6 Å². The van der Waals surface area contributed by atoms with Crippen molar-refractivity contribution in [1.29, 1.82) is 0 Å². The number of rotatable bonds is 5. The first-order chi connectivity index (χ1) is 7.13. The number of ether oxygens (including phenoxy) is 1. The first-order valence-electron chi connectivity index (χ1n) is 4.46. The molecule has 0 saturated carbocycles. The van der Waals surface area contributed by atoms with Crippen LogP contribution >= 0.6 is 0 Å². The fourth-order valence-electron chi connectivity index (χ4n) is 0.986. The number of carboxylic acid groups (broad SMARTS) is 1. The Bertz CT molecular complexity index is 326. The van der Waals surface area contributed by atoms with Crippen LogP contribution in [-0.4, -0.2) is 34.2 Å². The maximum absolute atomic E-state index is 10.4. The normalized spacial score (nSPS) is 12.1. The van der Waals surface area contributed by atoms with E-state index in [-0.39, 0.29) is 0 Å². The molecule has 0 spiro atoms. The van der Waals surface area contributed by atoms with Gasteiger partial charge in [0, 0.05) is 6.42 Å². The summed E-state index contributed by atoms with van der Waals surface area (Å²) in [6.07, 6.45) is 3.84. The zero-order valence-electron chi connectivity index (χ0n) is 8.38. The van der Waals surface area contributed by atoms with Gasteiger partial charge in [0.05, 0.1) is 19.5 Å². The number of aromatic nitrogens is 2. The lowest BCUT2D eigenvalue weighted by Gasteiger charge is -2.05. The number of hydrogen-bond donors (Lipinski definition) is 2. The zero-order valence-corrected chi connectivity index (χ0v) is 8.38. The molecule has 15 heavy (non-hydrogen) atoms. The van der Waals surface area contributed by atoms with Crippen molar-refractivity contribution in [2.75, 3.05) is 7.11 Å². The van der Waals surface area contributed by atoms with E-state index in [0.29, 0.717) is 24.4 Å². The third kappa shape index (κ3) is 3.51. The standard InChI is InChI=1S/C9H13N3O3/c1-15-6-4-11-8(12-5-6)3-2-7(10)9(13)14/h4-5,7H,2-3,10H2,1H3,(H,13,14)/t7-/m1/s1. The van der Waals surface area contributed by atoms with Crippen LogP contribution in [0.4, 0.5) is 0 Å². The Balaban J connectivity index is 2.47. The minimum Gasteiger partial charge on any atom is -0.494 e. The molecule has 0 aromatic carbocycles. The van der Waals surface area contributed by atoms with Crippen molar-refractivity contribution >= 4 is 5.97 Å². The van der Waals surface area contributed by atoms with E-state index in [1.54, 1.807) is 0 Å². The van der Waals surface area contributed by atoms with E-state index >= 15 is 0 Å². The van der Waals surface area contributed by atoms with Crippen molar-refractivity contribution in [2.45, 2.75) is 18.9 Å². The van der Waals surface area contributed by atoms with Crippen molar-refractivity contribution in [1.82, 2.24) is 9.97 Å². The second-order valence-electron chi connectivity index (χ2n) is 3.02. The lowest BCUT2D eigenvalue weighted by Crippen LogP contribution is -2.30. The number of aliphatic carboxylic acids is 1. The smallest absolute Gasteiger partial charge is 0.320 e. The van der Waals surface area contributed by atoms with E-state index in [0.717, 1.165) is 0 Å². The minimum absolute atomic E-state index is 0.321. The fraction of sp³-hybridized carbons (Fsp3) is 0.444. The minimum atomic E-state index is -1.01. The van der Waals surface area contributed by atoms with Gasteiger partial charge in [-0.05, 0) is 6.42 Å². The highest BCUT2D eigenvalue weighted by Gasteiger charge is 2.11. The highest BCUT2D eigenvalue weighted by Crippen LogP contribution is 2.06. The number of carbonyl (C=O) groups is 1. The molecule has 6 heteroatoms. The zero-order chi connectivity index (χ0) is 11.3. The predicted molar refractivity (Wildman–Crippen MR) is 52.5 cm³/mol. The Kier molecular flexibility index (Phi) is 3.99. The number of aryl methyl sites for hydroxylation is 1.